The van der Waals surface area contributed by atoms with Gasteiger partial charge in [0.05, 0.1) is 32.3 Å². The van der Waals surface area contributed by atoms with Crippen LogP contribution in [0.5, 0.6) is 11.5 Å². The summed E-state index contributed by atoms with van der Waals surface area (Å²) in [6.45, 7) is 0. The van der Waals surface area contributed by atoms with Crippen LogP contribution in [0.4, 0.5) is 5.69 Å². The number of ether oxygens (including phenoxy) is 2. The third kappa shape index (κ3) is 4.28. The van der Waals surface area contributed by atoms with Crippen molar-refractivity contribution in [3.8, 4) is 11.5 Å². The SMILES string of the molecule is COc1ccc([C@@H]2[C@@H](CC[C@@H](O)c3ccccc3)C(=O)N2c2ccc(OC)cc2)cc1. The lowest BCUT2D eigenvalue weighted by atomic mass is 9.78. The minimum Gasteiger partial charge on any atom is -0.497 e. The summed E-state index contributed by atoms with van der Waals surface area (Å²) in [5, 5.41) is 10.6. The number of aliphatic hydroxyl groups excluding tert-OH is 1. The van der Waals surface area contributed by atoms with Gasteiger partial charge in [-0.3, -0.25) is 4.79 Å². The van der Waals surface area contributed by atoms with E-state index in [4.69, 9.17) is 9.47 Å². The maximum Gasteiger partial charge on any atom is 0.233 e. The lowest BCUT2D eigenvalue weighted by molar-refractivity contribution is -0.131. The molecular weight excluding hydrogens is 390 g/mol. The molecule has 0 unspecified atom stereocenters. The summed E-state index contributed by atoms with van der Waals surface area (Å²) < 4.78 is 10.5. The van der Waals surface area contributed by atoms with E-state index < -0.39 is 6.10 Å². The molecule has 3 atom stereocenters. The zero-order valence-corrected chi connectivity index (χ0v) is 17.8. The molecule has 5 heteroatoms. The molecule has 1 aliphatic rings. The number of carbonyl (C=O) groups excluding carboxylic acids is 1. The largest absolute Gasteiger partial charge is 0.497 e. The average Bonchev–Trinajstić information content (AvgIpc) is 2.83. The Hall–Kier alpha value is -3.31. The van der Waals surface area contributed by atoms with Crippen molar-refractivity contribution < 1.29 is 19.4 Å². The highest BCUT2D eigenvalue weighted by Crippen LogP contribution is 2.46. The van der Waals surface area contributed by atoms with E-state index in [1.54, 1.807) is 14.2 Å². The topological polar surface area (TPSA) is 59.0 Å². The molecule has 5 nitrogen and oxygen atoms in total. The van der Waals surface area contributed by atoms with Crippen molar-refractivity contribution in [1.29, 1.82) is 0 Å². The second-order valence-electron chi connectivity index (χ2n) is 7.73. The van der Waals surface area contributed by atoms with Crippen LogP contribution in [0.1, 0.15) is 36.1 Å². The number of rotatable bonds is 8. The van der Waals surface area contributed by atoms with E-state index in [9.17, 15) is 9.90 Å². The Bertz CT molecular complexity index is 1000. The van der Waals surface area contributed by atoms with Crippen LogP contribution in [0.25, 0.3) is 0 Å². The number of methoxy groups -OCH3 is 2. The number of anilines is 1. The molecule has 1 heterocycles. The first-order valence-corrected chi connectivity index (χ1v) is 10.5. The first-order valence-electron chi connectivity index (χ1n) is 10.5. The fraction of sp³-hybridized carbons (Fsp3) is 0.269. The van der Waals surface area contributed by atoms with Gasteiger partial charge in [-0.05, 0) is 60.4 Å². The Morgan fingerprint density at radius 1 is 0.871 bits per heavy atom. The molecule has 1 aliphatic heterocycles. The smallest absolute Gasteiger partial charge is 0.233 e. The van der Waals surface area contributed by atoms with E-state index in [1.807, 2.05) is 83.8 Å². The molecule has 0 radical (unpaired) electrons. The van der Waals surface area contributed by atoms with Crippen LogP contribution in [0.3, 0.4) is 0 Å². The Morgan fingerprint density at radius 3 is 2.03 bits per heavy atom. The zero-order valence-electron chi connectivity index (χ0n) is 17.8. The summed E-state index contributed by atoms with van der Waals surface area (Å²) >= 11 is 0. The van der Waals surface area contributed by atoms with Crippen molar-refractivity contribution in [1.82, 2.24) is 0 Å². The van der Waals surface area contributed by atoms with E-state index in [2.05, 4.69) is 0 Å². The van der Waals surface area contributed by atoms with Gasteiger partial charge < -0.3 is 19.5 Å². The van der Waals surface area contributed by atoms with Crippen LogP contribution in [-0.2, 0) is 4.79 Å². The fourth-order valence-electron chi connectivity index (χ4n) is 4.22. The molecule has 0 bridgehead atoms. The van der Waals surface area contributed by atoms with Gasteiger partial charge in [0.2, 0.25) is 5.91 Å². The molecule has 1 saturated heterocycles. The molecule has 31 heavy (non-hydrogen) atoms. The summed E-state index contributed by atoms with van der Waals surface area (Å²) in [5.74, 6) is 1.42. The molecule has 1 fully saturated rings. The second-order valence-corrected chi connectivity index (χ2v) is 7.73. The number of carbonyl (C=O) groups is 1. The Kier molecular flexibility index (Phi) is 6.23. The van der Waals surface area contributed by atoms with Crippen LogP contribution >= 0.6 is 0 Å². The Labute approximate surface area is 182 Å². The quantitative estimate of drug-likeness (QED) is 0.529. The first kappa shape index (κ1) is 20.9. The van der Waals surface area contributed by atoms with E-state index in [0.29, 0.717) is 12.8 Å². The van der Waals surface area contributed by atoms with Crippen LogP contribution in [0, 0.1) is 5.92 Å². The van der Waals surface area contributed by atoms with Gasteiger partial charge in [-0.1, -0.05) is 42.5 Å². The highest BCUT2D eigenvalue weighted by Gasteiger charge is 2.48. The summed E-state index contributed by atoms with van der Waals surface area (Å²) in [6.07, 6.45) is 0.558. The van der Waals surface area contributed by atoms with Crippen molar-refractivity contribution in [2.45, 2.75) is 25.0 Å². The number of hydrogen-bond donors (Lipinski definition) is 1. The fourth-order valence-corrected chi connectivity index (χ4v) is 4.22. The van der Waals surface area contributed by atoms with Crippen molar-refractivity contribution >= 4 is 11.6 Å². The summed E-state index contributed by atoms with van der Waals surface area (Å²) in [6, 6.07) is 24.9. The van der Waals surface area contributed by atoms with Gasteiger partial charge in [0, 0.05) is 5.69 Å². The first-order chi connectivity index (χ1) is 15.1. The minimum atomic E-state index is -0.583. The van der Waals surface area contributed by atoms with Gasteiger partial charge in [0.1, 0.15) is 11.5 Å². The highest BCUT2D eigenvalue weighted by atomic mass is 16.5. The number of aliphatic hydroxyl groups is 1. The molecule has 4 rings (SSSR count). The van der Waals surface area contributed by atoms with Crippen molar-refractivity contribution in [3.63, 3.8) is 0 Å². The maximum absolute atomic E-state index is 13.2. The van der Waals surface area contributed by atoms with Gasteiger partial charge in [0.25, 0.3) is 0 Å². The predicted molar refractivity (Wildman–Crippen MR) is 120 cm³/mol. The van der Waals surface area contributed by atoms with Crippen molar-refractivity contribution in [2.24, 2.45) is 5.92 Å². The molecule has 3 aromatic carbocycles. The van der Waals surface area contributed by atoms with Gasteiger partial charge in [-0.15, -0.1) is 0 Å². The number of hydrogen-bond acceptors (Lipinski definition) is 4. The normalized spacial score (nSPS) is 18.9. The molecule has 1 amide bonds. The molecule has 0 spiro atoms. The van der Waals surface area contributed by atoms with E-state index >= 15 is 0 Å². The number of nitrogens with zero attached hydrogens (tertiary/aromatic N) is 1. The monoisotopic (exact) mass is 417 g/mol. The van der Waals surface area contributed by atoms with Gasteiger partial charge in [-0.25, -0.2) is 0 Å². The lowest BCUT2D eigenvalue weighted by Gasteiger charge is -2.48. The van der Waals surface area contributed by atoms with Gasteiger partial charge in [-0.2, -0.15) is 0 Å². The van der Waals surface area contributed by atoms with E-state index in [-0.39, 0.29) is 17.9 Å². The molecule has 3 aromatic rings. The third-order valence-corrected chi connectivity index (χ3v) is 5.96. The Morgan fingerprint density at radius 2 is 1.45 bits per heavy atom. The Balaban J connectivity index is 1.56. The highest BCUT2D eigenvalue weighted by molar-refractivity contribution is 6.03. The number of amides is 1. The zero-order chi connectivity index (χ0) is 21.8. The lowest BCUT2D eigenvalue weighted by Crippen LogP contribution is -2.55. The van der Waals surface area contributed by atoms with Crippen molar-refractivity contribution in [2.75, 3.05) is 19.1 Å². The maximum atomic E-state index is 13.2. The van der Waals surface area contributed by atoms with E-state index in [1.165, 1.54) is 0 Å². The predicted octanol–water partition coefficient (Wildman–Crippen LogP) is 4.92. The van der Waals surface area contributed by atoms with Crippen LogP contribution in [0.15, 0.2) is 78.9 Å². The van der Waals surface area contributed by atoms with Crippen LogP contribution in [-0.4, -0.2) is 25.2 Å². The third-order valence-electron chi connectivity index (χ3n) is 5.96. The summed E-state index contributed by atoms with van der Waals surface area (Å²) in [4.78, 5) is 15.0. The van der Waals surface area contributed by atoms with Crippen LogP contribution < -0.4 is 14.4 Å². The average molecular weight is 418 g/mol. The van der Waals surface area contributed by atoms with Crippen molar-refractivity contribution in [3.05, 3.63) is 90.0 Å². The minimum absolute atomic E-state index is 0.0752. The number of benzene rings is 3. The second kappa shape index (κ2) is 9.23. The molecule has 160 valence electrons. The summed E-state index contributed by atoms with van der Waals surface area (Å²) in [7, 11) is 3.26. The molecule has 1 N–H and O–H groups in total. The summed E-state index contributed by atoms with van der Waals surface area (Å²) in [5.41, 5.74) is 2.77. The van der Waals surface area contributed by atoms with Gasteiger partial charge >= 0.3 is 0 Å². The van der Waals surface area contributed by atoms with Crippen LogP contribution in [0.2, 0.25) is 0 Å². The van der Waals surface area contributed by atoms with Gasteiger partial charge in [0.15, 0.2) is 0 Å². The van der Waals surface area contributed by atoms with E-state index in [0.717, 1.165) is 28.3 Å². The molecule has 0 aliphatic carbocycles. The standard InChI is InChI=1S/C26H27NO4/c1-30-21-12-8-19(9-13-21)25-23(16-17-24(28)18-6-4-3-5-7-18)26(29)27(25)20-10-14-22(31-2)15-11-20/h3-15,23-25,28H,16-17H2,1-2H3/t23-,24-,25-/m1/s1. The molecule has 0 aromatic heterocycles. The number of β-lactam (4-membered cyclic amide) rings is 1. The molecule has 0 saturated carbocycles. The molecular formula is C26H27NO4.